The molecule has 0 saturated heterocycles. The van der Waals surface area contributed by atoms with Crippen LogP contribution in [0.3, 0.4) is 0 Å². The van der Waals surface area contributed by atoms with Crippen LogP contribution >= 0.6 is 9.03 Å². The lowest BCUT2D eigenvalue weighted by Gasteiger charge is -1.98. The third-order valence-electron chi connectivity index (χ3n) is 0.696. The first-order valence-electron chi connectivity index (χ1n) is 3.36. The molecule has 0 rings (SSSR count). The molecule has 0 aromatic carbocycles. The van der Waals surface area contributed by atoms with Gasteiger partial charge in [0.15, 0.2) is 0 Å². The quantitative estimate of drug-likeness (QED) is 0.427. The maximum atomic E-state index is 5.03. The summed E-state index contributed by atoms with van der Waals surface area (Å²) in [6.07, 6.45) is 2.12. The molecule has 0 unspecified atom stereocenters. The Labute approximate surface area is 58.9 Å². The summed E-state index contributed by atoms with van der Waals surface area (Å²) in [5.74, 6) is 0. The van der Waals surface area contributed by atoms with Gasteiger partial charge in [0.2, 0.25) is 0 Å². The molecule has 0 bridgehead atoms. The van der Waals surface area contributed by atoms with Gasteiger partial charge in [0.25, 0.3) is 9.03 Å². The van der Waals surface area contributed by atoms with Crippen LogP contribution in [0.1, 0.15) is 26.7 Å². The lowest BCUT2D eigenvalue weighted by molar-refractivity contribution is 0.267. The summed E-state index contributed by atoms with van der Waals surface area (Å²) in [5.41, 5.74) is 0. The largest absolute Gasteiger partial charge is 0.328 e. The van der Waals surface area contributed by atoms with Crippen LogP contribution < -0.4 is 0 Å². The van der Waals surface area contributed by atoms with Gasteiger partial charge in [-0.2, -0.15) is 0 Å². The van der Waals surface area contributed by atoms with Crippen molar-refractivity contribution in [3.63, 3.8) is 0 Å². The molecule has 0 atom stereocenters. The van der Waals surface area contributed by atoms with E-state index in [2.05, 4.69) is 13.8 Å². The Morgan fingerprint density at radius 1 is 1.00 bits per heavy atom. The average molecular weight is 149 g/mol. The van der Waals surface area contributed by atoms with E-state index in [1.165, 1.54) is 0 Å². The second-order valence-corrected chi connectivity index (χ2v) is 2.41. The Kier molecular flexibility index (Phi) is 8.67. The van der Waals surface area contributed by atoms with E-state index < -0.39 is 0 Å². The Balaban J connectivity index is 2.60. The minimum Gasteiger partial charge on any atom is -0.328 e. The predicted octanol–water partition coefficient (Wildman–Crippen LogP) is 2.62. The Morgan fingerprint density at radius 3 is 1.78 bits per heavy atom. The van der Waals surface area contributed by atoms with Crippen LogP contribution in [0.2, 0.25) is 0 Å². The first kappa shape index (κ1) is 9.35. The average Bonchev–Trinajstić information content (AvgIpc) is 1.89. The molecular formula is C6H14O2P. The van der Waals surface area contributed by atoms with Gasteiger partial charge in [0, 0.05) is 0 Å². The van der Waals surface area contributed by atoms with Gasteiger partial charge in [-0.05, 0) is 12.8 Å². The van der Waals surface area contributed by atoms with Crippen molar-refractivity contribution >= 4 is 9.03 Å². The monoisotopic (exact) mass is 149 g/mol. The number of hydrogen-bond donors (Lipinski definition) is 0. The fourth-order valence-corrected chi connectivity index (χ4v) is 0.883. The predicted molar refractivity (Wildman–Crippen MR) is 39.4 cm³/mol. The standard InChI is InChI=1S/C6H14O2P/c1-3-5-7-9-8-6-4-2/h3-6H2,1-2H3. The third-order valence-corrected chi connectivity index (χ3v) is 1.27. The van der Waals surface area contributed by atoms with Crippen LogP contribution in [0.25, 0.3) is 0 Å². The van der Waals surface area contributed by atoms with E-state index in [0.29, 0.717) is 9.03 Å². The topological polar surface area (TPSA) is 18.5 Å². The Morgan fingerprint density at radius 2 is 1.44 bits per heavy atom. The minimum absolute atomic E-state index is 0.674. The van der Waals surface area contributed by atoms with Crippen LogP contribution in [0.4, 0.5) is 0 Å². The van der Waals surface area contributed by atoms with Crippen molar-refractivity contribution in [1.82, 2.24) is 0 Å². The first-order chi connectivity index (χ1) is 4.41. The Bertz CT molecular complexity index is 44.3. The van der Waals surface area contributed by atoms with Crippen LogP contribution in [0.5, 0.6) is 0 Å². The summed E-state index contributed by atoms with van der Waals surface area (Å²) in [6, 6.07) is 0. The highest BCUT2D eigenvalue weighted by molar-refractivity contribution is 7.26. The molecular weight excluding hydrogens is 135 g/mol. The van der Waals surface area contributed by atoms with Crippen molar-refractivity contribution in [2.45, 2.75) is 26.7 Å². The van der Waals surface area contributed by atoms with Crippen molar-refractivity contribution in [1.29, 1.82) is 0 Å². The van der Waals surface area contributed by atoms with Gasteiger partial charge in [-0.25, -0.2) is 0 Å². The molecule has 3 heteroatoms. The van der Waals surface area contributed by atoms with Gasteiger partial charge >= 0.3 is 0 Å². The van der Waals surface area contributed by atoms with Crippen molar-refractivity contribution in [2.24, 2.45) is 0 Å². The number of rotatable bonds is 6. The van der Waals surface area contributed by atoms with Crippen molar-refractivity contribution < 1.29 is 9.05 Å². The highest BCUT2D eigenvalue weighted by Gasteiger charge is 1.86. The molecule has 2 nitrogen and oxygen atoms in total. The van der Waals surface area contributed by atoms with E-state index >= 15 is 0 Å². The summed E-state index contributed by atoms with van der Waals surface area (Å²) in [5, 5.41) is 0. The zero-order valence-electron chi connectivity index (χ0n) is 6.09. The molecule has 0 amide bonds. The van der Waals surface area contributed by atoms with Gasteiger partial charge in [-0.1, -0.05) is 13.8 Å². The van der Waals surface area contributed by atoms with Gasteiger partial charge < -0.3 is 9.05 Å². The Hall–Kier alpha value is 0.350. The third kappa shape index (κ3) is 8.35. The van der Waals surface area contributed by atoms with Gasteiger partial charge in [0.1, 0.15) is 0 Å². The lowest BCUT2D eigenvalue weighted by Crippen LogP contribution is -1.84. The summed E-state index contributed by atoms with van der Waals surface area (Å²) >= 11 is 0. The zero-order valence-corrected chi connectivity index (χ0v) is 6.99. The van der Waals surface area contributed by atoms with E-state index in [4.69, 9.17) is 9.05 Å². The van der Waals surface area contributed by atoms with E-state index in [-0.39, 0.29) is 0 Å². The van der Waals surface area contributed by atoms with Crippen LogP contribution in [-0.2, 0) is 9.05 Å². The fourth-order valence-electron chi connectivity index (χ4n) is 0.294. The molecule has 0 aliphatic heterocycles. The second-order valence-electron chi connectivity index (χ2n) is 1.74. The normalized spacial score (nSPS) is 10.0. The molecule has 0 saturated carbocycles. The van der Waals surface area contributed by atoms with Crippen molar-refractivity contribution in [3.8, 4) is 0 Å². The first-order valence-corrected chi connectivity index (χ1v) is 4.09. The van der Waals surface area contributed by atoms with Crippen LogP contribution in [-0.4, -0.2) is 13.2 Å². The van der Waals surface area contributed by atoms with Crippen molar-refractivity contribution in [2.75, 3.05) is 13.2 Å². The van der Waals surface area contributed by atoms with E-state index in [1.54, 1.807) is 0 Å². The molecule has 55 valence electrons. The summed E-state index contributed by atoms with van der Waals surface area (Å²) in [7, 11) is 0.674. The molecule has 9 heavy (non-hydrogen) atoms. The SMILES string of the molecule is CCCO[P]OCCC. The highest BCUT2D eigenvalue weighted by Crippen LogP contribution is 2.13. The summed E-state index contributed by atoms with van der Waals surface area (Å²) in [4.78, 5) is 0. The maximum Gasteiger partial charge on any atom is 0.256 e. The van der Waals surface area contributed by atoms with Gasteiger partial charge in [-0.15, -0.1) is 0 Å². The van der Waals surface area contributed by atoms with E-state index in [9.17, 15) is 0 Å². The molecule has 0 aliphatic carbocycles. The summed E-state index contributed by atoms with van der Waals surface area (Å²) in [6.45, 7) is 5.75. The smallest absolute Gasteiger partial charge is 0.256 e. The minimum atomic E-state index is 0.674. The molecule has 0 heterocycles. The summed E-state index contributed by atoms with van der Waals surface area (Å²) < 4.78 is 10.1. The van der Waals surface area contributed by atoms with Crippen LogP contribution in [0.15, 0.2) is 0 Å². The number of hydrogen-bond acceptors (Lipinski definition) is 2. The fraction of sp³-hybridized carbons (Fsp3) is 1.00. The van der Waals surface area contributed by atoms with Crippen molar-refractivity contribution in [3.05, 3.63) is 0 Å². The highest BCUT2D eigenvalue weighted by atomic mass is 31.1. The van der Waals surface area contributed by atoms with E-state index in [0.717, 1.165) is 26.1 Å². The zero-order chi connectivity index (χ0) is 6.95. The van der Waals surface area contributed by atoms with Crippen LogP contribution in [0, 0.1) is 0 Å². The maximum absolute atomic E-state index is 5.03. The molecule has 0 aliphatic rings. The second kappa shape index (κ2) is 8.35. The molecule has 0 aromatic rings. The molecule has 0 N–H and O–H groups in total. The van der Waals surface area contributed by atoms with Gasteiger partial charge in [0.05, 0.1) is 13.2 Å². The van der Waals surface area contributed by atoms with Gasteiger partial charge in [-0.3, -0.25) is 0 Å². The molecule has 0 spiro atoms. The van der Waals surface area contributed by atoms with E-state index in [1.807, 2.05) is 0 Å². The molecule has 0 fully saturated rings. The molecule has 0 aromatic heterocycles. The lowest BCUT2D eigenvalue weighted by atomic mass is 10.5. The molecule has 1 radical (unpaired) electrons.